The highest BCUT2D eigenvalue weighted by molar-refractivity contribution is 5.75. The van der Waals surface area contributed by atoms with Gasteiger partial charge in [-0.15, -0.1) is 0 Å². The van der Waals surface area contributed by atoms with Crippen LogP contribution in [0.25, 0.3) is 0 Å². The molecule has 2 rings (SSSR count). The maximum Gasteiger partial charge on any atom is 0.153 e. The number of hydrogen-bond donors (Lipinski definition) is 0. The Morgan fingerprint density at radius 3 is 2.71 bits per heavy atom. The molecule has 3 heteroatoms. The molecule has 1 fully saturated rings. The van der Waals surface area contributed by atoms with Crippen molar-refractivity contribution < 1.29 is 4.79 Å². The Kier molecular flexibility index (Phi) is 2.66. The van der Waals surface area contributed by atoms with Crippen LogP contribution in [0.4, 0.5) is 0 Å². The van der Waals surface area contributed by atoms with Crippen molar-refractivity contribution in [3.8, 4) is 0 Å². The van der Waals surface area contributed by atoms with Gasteiger partial charge in [0.1, 0.15) is 0 Å². The smallest absolute Gasteiger partial charge is 0.153 e. The third-order valence-electron chi connectivity index (χ3n) is 3.13. The van der Waals surface area contributed by atoms with Gasteiger partial charge in [-0.2, -0.15) is 5.10 Å². The van der Waals surface area contributed by atoms with E-state index in [9.17, 15) is 4.79 Å². The molecular weight excluding hydrogens is 176 g/mol. The molecular formula is C11H16N2O. The van der Waals surface area contributed by atoms with E-state index in [4.69, 9.17) is 0 Å². The first-order valence-electron chi connectivity index (χ1n) is 5.32. The molecule has 1 aromatic heterocycles. The number of carbonyl (C=O) groups is 1. The van der Waals surface area contributed by atoms with Crippen LogP contribution in [-0.2, 0) is 0 Å². The molecule has 1 heterocycles. The zero-order chi connectivity index (χ0) is 9.97. The van der Waals surface area contributed by atoms with Crippen molar-refractivity contribution >= 4 is 6.29 Å². The van der Waals surface area contributed by atoms with Gasteiger partial charge < -0.3 is 0 Å². The monoisotopic (exact) mass is 192 g/mol. The predicted molar refractivity (Wildman–Crippen MR) is 54.5 cm³/mol. The summed E-state index contributed by atoms with van der Waals surface area (Å²) >= 11 is 0. The van der Waals surface area contributed by atoms with E-state index < -0.39 is 0 Å². The molecule has 0 saturated heterocycles. The highest BCUT2D eigenvalue weighted by Gasteiger charge is 2.18. The van der Waals surface area contributed by atoms with Crippen molar-refractivity contribution in [2.24, 2.45) is 0 Å². The maximum absolute atomic E-state index is 10.7. The first-order valence-corrected chi connectivity index (χ1v) is 5.32. The van der Waals surface area contributed by atoms with Gasteiger partial charge in [0.2, 0.25) is 0 Å². The number of aromatic nitrogens is 2. The van der Waals surface area contributed by atoms with Gasteiger partial charge in [0, 0.05) is 5.69 Å². The fourth-order valence-corrected chi connectivity index (χ4v) is 2.25. The highest BCUT2D eigenvalue weighted by Crippen LogP contribution is 2.28. The number of hydrogen-bond acceptors (Lipinski definition) is 2. The summed E-state index contributed by atoms with van der Waals surface area (Å²) in [7, 11) is 0. The van der Waals surface area contributed by atoms with E-state index in [1.54, 1.807) is 6.20 Å². The summed E-state index contributed by atoms with van der Waals surface area (Å²) in [6.07, 6.45) is 8.92. The lowest BCUT2D eigenvalue weighted by atomic mass is 9.95. The molecule has 0 unspecified atom stereocenters. The van der Waals surface area contributed by atoms with Crippen LogP contribution in [0.2, 0.25) is 0 Å². The zero-order valence-corrected chi connectivity index (χ0v) is 8.57. The summed E-state index contributed by atoms with van der Waals surface area (Å²) in [6, 6.07) is 0.525. The molecule has 1 saturated carbocycles. The molecule has 1 aliphatic carbocycles. The lowest BCUT2D eigenvalue weighted by molar-refractivity contribution is 0.112. The molecule has 0 bridgehead atoms. The minimum Gasteiger partial charge on any atom is -0.298 e. The second-order valence-corrected chi connectivity index (χ2v) is 4.04. The molecule has 0 spiro atoms. The van der Waals surface area contributed by atoms with Crippen LogP contribution in [0.3, 0.4) is 0 Å². The molecule has 0 radical (unpaired) electrons. The molecule has 0 aliphatic heterocycles. The minimum atomic E-state index is 0.525. The molecule has 14 heavy (non-hydrogen) atoms. The fraction of sp³-hybridized carbons (Fsp3) is 0.636. The number of carbonyl (C=O) groups excluding carboxylic acids is 1. The number of aldehydes is 1. The molecule has 3 nitrogen and oxygen atoms in total. The SMILES string of the molecule is Cc1c(C=O)cnn1C1CCCCC1. The largest absolute Gasteiger partial charge is 0.298 e. The van der Waals surface area contributed by atoms with Gasteiger partial charge in [-0.25, -0.2) is 0 Å². The Balaban J connectivity index is 2.22. The van der Waals surface area contributed by atoms with E-state index in [1.807, 2.05) is 11.6 Å². The summed E-state index contributed by atoms with van der Waals surface area (Å²) in [5.74, 6) is 0. The Morgan fingerprint density at radius 1 is 1.43 bits per heavy atom. The average molecular weight is 192 g/mol. The van der Waals surface area contributed by atoms with E-state index in [0.717, 1.165) is 17.5 Å². The van der Waals surface area contributed by atoms with Crippen LogP contribution in [0, 0.1) is 6.92 Å². The van der Waals surface area contributed by atoms with Crippen molar-refractivity contribution in [1.82, 2.24) is 9.78 Å². The molecule has 0 atom stereocenters. The van der Waals surface area contributed by atoms with Crippen molar-refractivity contribution in [3.63, 3.8) is 0 Å². The molecule has 0 aromatic carbocycles. The lowest BCUT2D eigenvalue weighted by Gasteiger charge is -2.23. The van der Waals surface area contributed by atoms with Gasteiger partial charge in [0.05, 0.1) is 17.8 Å². The van der Waals surface area contributed by atoms with Gasteiger partial charge in [-0.1, -0.05) is 19.3 Å². The maximum atomic E-state index is 10.7. The van der Waals surface area contributed by atoms with Gasteiger partial charge >= 0.3 is 0 Å². The summed E-state index contributed by atoms with van der Waals surface area (Å²) in [5.41, 5.74) is 1.75. The Hall–Kier alpha value is -1.12. The topological polar surface area (TPSA) is 34.9 Å². The van der Waals surface area contributed by atoms with Crippen molar-refractivity contribution in [2.75, 3.05) is 0 Å². The van der Waals surface area contributed by atoms with Gasteiger partial charge in [-0.05, 0) is 19.8 Å². The summed E-state index contributed by atoms with van der Waals surface area (Å²) in [5, 5.41) is 4.30. The summed E-state index contributed by atoms with van der Waals surface area (Å²) in [4.78, 5) is 10.7. The summed E-state index contributed by atoms with van der Waals surface area (Å²) < 4.78 is 2.03. The van der Waals surface area contributed by atoms with Crippen LogP contribution < -0.4 is 0 Å². The molecule has 1 aliphatic rings. The molecule has 1 aromatic rings. The van der Waals surface area contributed by atoms with E-state index in [2.05, 4.69) is 5.10 Å². The van der Waals surface area contributed by atoms with Gasteiger partial charge in [0.15, 0.2) is 6.29 Å². The third-order valence-corrected chi connectivity index (χ3v) is 3.13. The number of rotatable bonds is 2. The van der Waals surface area contributed by atoms with Crippen LogP contribution in [-0.4, -0.2) is 16.1 Å². The fourth-order valence-electron chi connectivity index (χ4n) is 2.25. The Bertz CT molecular complexity index is 324. The first kappa shape index (κ1) is 9.44. The number of nitrogens with zero attached hydrogens (tertiary/aromatic N) is 2. The van der Waals surface area contributed by atoms with Gasteiger partial charge in [-0.3, -0.25) is 9.48 Å². The van der Waals surface area contributed by atoms with E-state index in [-0.39, 0.29) is 0 Å². The predicted octanol–water partition coefficient (Wildman–Crippen LogP) is 2.51. The van der Waals surface area contributed by atoms with Crippen molar-refractivity contribution in [1.29, 1.82) is 0 Å². The zero-order valence-electron chi connectivity index (χ0n) is 8.57. The van der Waals surface area contributed by atoms with E-state index in [1.165, 1.54) is 32.1 Å². The molecule has 76 valence electrons. The standard InChI is InChI=1S/C11H16N2O/c1-9-10(8-14)7-12-13(9)11-5-3-2-4-6-11/h7-8,11H,2-6H2,1H3. The lowest BCUT2D eigenvalue weighted by Crippen LogP contribution is -2.15. The average Bonchev–Trinajstić information content (AvgIpc) is 2.61. The van der Waals surface area contributed by atoms with Crippen LogP contribution >= 0.6 is 0 Å². The van der Waals surface area contributed by atoms with E-state index in [0.29, 0.717) is 6.04 Å². The van der Waals surface area contributed by atoms with Crippen molar-refractivity contribution in [2.45, 2.75) is 45.1 Å². The van der Waals surface area contributed by atoms with Crippen LogP contribution in [0.15, 0.2) is 6.20 Å². The quantitative estimate of drug-likeness (QED) is 0.675. The first-order chi connectivity index (χ1) is 6.83. The summed E-state index contributed by atoms with van der Waals surface area (Å²) in [6.45, 7) is 1.98. The second kappa shape index (κ2) is 3.95. The van der Waals surface area contributed by atoms with Gasteiger partial charge in [0.25, 0.3) is 0 Å². The normalized spacial score (nSPS) is 18.4. The molecule has 0 N–H and O–H groups in total. The van der Waals surface area contributed by atoms with Crippen LogP contribution in [0.5, 0.6) is 0 Å². The van der Waals surface area contributed by atoms with Crippen molar-refractivity contribution in [3.05, 3.63) is 17.5 Å². The second-order valence-electron chi connectivity index (χ2n) is 4.04. The highest BCUT2D eigenvalue weighted by atomic mass is 16.1. The Morgan fingerprint density at radius 2 is 2.14 bits per heavy atom. The van der Waals surface area contributed by atoms with Crippen LogP contribution in [0.1, 0.15) is 54.2 Å². The molecule has 0 amide bonds. The Labute approximate surface area is 84.1 Å². The van der Waals surface area contributed by atoms with E-state index >= 15 is 0 Å². The minimum absolute atomic E-state index is 0.525. The third kappa shape index (κ3) is 1.59.